The molecule has 4 rings (SSSR count). The Morgan fingerprint density at radius 2 is 1.76 bits per heavy atom. The molecule has 2 aromatic heterocycles. The monoisotopic (exact) mass is 398 g/mol. The standard InChI is InChI=1S/C23H30N2O4/c26-20-12-21(28-16-19-10-5-11-24-13-19)29-23(27)22(20)25(14-17-6-1-2-7-17)15-18-8-3-4-9-18/h5,10-13,17-18,26H,1-4,6-9,14-16H2. The van der Waals surface area contributed by atoms with Crippen molar-refractivity contribution in [1.82, 2.24) is 4.98 Å². The Morgan fingerprint density at radius 3 is 2.31 bits per heavy atom. The Balaban J connectivity index is 1.52. The minimum Gasteiger partial charge on any atom is -0.505 e. The molecule has 1 N–H and O–H groups in total. The number of pyridine rings is 1. The summed E-state index contributed by atoms with van der Waals surface area (Å²) in [6.45, 7) is 1.85. The molecule has 2 fully saturated rings. The van der Waals surface area contributed by atoms with E-state index in [9.17, 15) is 9.90 Å². The summed E-state index contributed by atoms with van der Waals surface area (Å²) in [5.74, 6) is 1.13. The van der Waals surface area contributed by atoms with Crippen molar-refractivity contribution in [3.63, 3.8) is 0 Å². The van der Waals surface area contributed by atoms with Crippen molar-refractivity contribution in [2.24, 2.45) is 11.8 Å². The molecule has 0 aromatic carbocycles. The lowest BCUT2D eigenvalue weighted by atomic mass is 10.0. The minimum absolute atomic E-state index is 0.0294. The van der Waals surface area contributed by atoms with Gasteiger partial charge in [0, 0.05) is 31.0 Å². The summed E-state index contributed by atoms with van der Waals surface area (Å²) in [6, 6.07) is 5.12. The molecule has 2 aliphatic carbocycles. The maximum atomic E-state index is 12.8. The zero-order valence-electron chi connectivity index (χ0n) is 16.9. The lowest BCUT2D eigenvalue weighted by Gasteiger charge is -2.29. The smallest absolute Gasteiger partial charge is 0.366 e. The van der Waals surface area contributed by atoms with E-state index < -0.39 is 5.63 Å². The van der Waals surface area contributed by atoms with Crippen LogP contribution >= 0.6 is 0 Å². The van der Waals surface area contributed by atoms with Gasteiger partial charge in [0.25, 0.3) is 5.95 Å². The molecule has 0 aliphatic heterocycles. The zero-order chi connectivity index (χ0) is 20.1. The Bertz CT molecular complexity index is 822. The highest BCUT2D eigenvalue weighted by atomic mass is 16.6. The average molecular weight is 399 g/mol. The van der Waals surface area contributed by atoms with Crippen LogP contribution < -0.4 is 15.3 Å². The van der Waals surface area contributed by atoms with E-state index in [1.165, 1.54) is 57.4 Å². The summed E-state index contributed by atoms with van der Waals surface area (Å²) < 4.78 is 11.0. The highest BCUT2D eigenvalue weighted by Gasteiger charge is 2.27. The van der Waals surface area contributed by atoms with Crippen molar-refractivity contribution in [1.29, 1.82) is 0 Å². The Kier molecular flexibility index (Phi) is 6.37. The van der Waals surface area contributed by atoms with Crippen molar-refractivity contribution < 1.29 is 14.3 Å². The van der Waals surface area contributed by atoms with E-state index in [4.69, 9.17) is 9.15 Å². The molecule has 156 valence electrons. The van der Waals surface area contributed by atoms with Crippen LogP contribution in [0.4, 0.5) is 5.69 Å². The second-order valence-corrected chi connectivity index (χ2v) is 8.44. The van der Waals surface area contributed by atoms with Crippen LogP contribution in [0.5, 0.6) is 11.7 Å². The Hall–Kier alpha value is -2.50. The summed E-state index contributed by atoms with van der Waals surface area (Å²) in [7, 11) is 0. The first-order chi connectivity index (χ1) is 14.2. The van der Waals surface area contributed by atoms with E-state index in [2.05, 4.69) is 9.88 Å². The van der Waals surface area contributed by atoms with Gasteiger partial charge in [-0.05, 0) is 43.6 Å². The van der Waals surface area contributed by atoms with Gasteiger partial charge < -0.3 is 19.2 Å². The van der Waals surface area contributed by atoms with Crippen LogP contribution in [0.15, 0.2) is 39.8 Å². The molecular formula is C23H30N2O4. The number of rotatable bonds is 8. The molecule has 6 heteroatoms. The van der Waals surface area contributed by atoms with Crippen LogP contribution in [0.1, 0.15) is 56.9 Å². The van der Waals surface area contributed by atoms with Gasteiger partial charge in [-0.15, -0.1) is 0 Å². The van der Waals surface area contributed by atoms with Crippen LogP contribution in [-0.2, 0) is 6.61 Å². The topological polar surface area (TPSA) is 75.8 Å². The van der Waals surface area contributed by atoms with Gasteiger partial charge in [-0.2, -0.15) is 0 Å². The maximum absolute atomic E-state index is 12.8. The van der Waals surface area contributed by atoms with Gasteiger partial charge in [-0.25, -0.2) is 4.79 Å². The van der Waals surface area contributed by atoms with E-state index in [0.717, 1.165) is 18.7 Å². The first-order valence-electron chi connectivity index (χ1n) is 10.8. The minimum atomic E-state index is -0.526. The molecule has 0 spiro atoms. The number of hydrogen-bond donors (Lipinski definition) is 1. The second-order valence-electron chi connectivity index (χ2n) is 8.44. The number of nitrogens with zero attached hydrogens (tertiary/aromatic N) is 2. The predicted molar refractivity (Wildman–Crippen MR) is 111 cm³/mol. The van der Waals surface area contributed by atoms with Gasteiger partial charge in [-0.3, -0.25) is 4.98 Å². The molecule has 2 aliphatic rings. The van der Waals surface area contributed by atoms with Crippen molar-refractivity contribution >= 4 is 5.69 Å². The lowest BCUT2D eigenvalue weighted by Crippen LogP contribution is -2.36. The summed E-state index contributed by atoms with van der Waals surface area (Å²) >= 11 is 0. The van der Waals surface area contributed by atoms with Crippen molar-refractivity contribution in [3.8, 4) is 11.7 Å². The molecule has 2 saturated carbocycles. The molecule has 0 saturated heterocycles. The third kappa shape index (κ3) is 5.11. The summed E-state index contributed by atoms with van der Waals surface area (Å²) in [5, 5.41) is 10.7. The molecule has 0 amide bonds. The van der Waals surface area contributed by atoms with Crippen LogP contribution in [0.2, 0.25) is 0 Å². The van der Waals surface area contributed by atoms with Gasteiger partial charge >= 0.3 is 5.63 Å². The number of anilines is 1. The van der Waals surface area contributed by atoms with E-state index >= 15 is 0 Å². The first kappa shape index (κ1) is 19.8. The summed E-state index contributed by atoms with van der Waals surface area (Å²) in [4.78, 5) is 18.9. The van der Waals surface area contributed by atoms with Crippen molar-refractivity contribution in [2.75, 3.05) is 18.0 Å². The Morgan fingerprint density at radius 1 is 1.10 bits per heavy atom. The number of hydrogen-bond acceptors (Lipinski definition) is 6. The third-order valence-corrected chi connectivity index (χ3v) is 6.21. The van der Waals surface area contributed by atoms with Crippen molar-refractivity contribution in [2.45, 2.75) is 58.0 Å². The lowest BCUT2D eigenvalue weighted by molar-refractivity contribution is 0.217. The van der Waals surface area contributed by atoms with Crippen LogP contribution in [0.3, 0.4) is 0 Å². The molecular weight excluding hydrogens is 368 g/mol. The quantitative estimate of drug-likeness (QED) is 0.705. The van der Waals surface area contributed by atoms with Gasteiger partial charge in [0.1, 0.15) is 6.61 Å². The molecule has 2 aromatic rings. The highest BCUT2D eigenvalue weighted by Crippen LogP contribution is 2.34. The summed E-state index contributed by atoms with van der Waals surface area (Å²) in [6.07, 6.45) is 13.2. The molecule has 0 unspecified atom stereocenters. The fraction of sp³-hybridized carbons (Fsp3) is 0.565. The second kappa shape index (κ2) is 9.33. The highest BCUT2D eigenvalue weighted by molar-refractivity contribution is 5.56. The van der Waals surface area contributed by atoms with Crippen LogP contribution in [-0.4, -0.2) is 23.2 Å². The van der Waals surface area contributed by atoms with Gasteiger partial charge in [0.2, 0.25) is 0 Å². The van der Waals surface area contributed by atoms with E-state index in [-0.39, 0.29) is 24.0 Å². The van der Waals surface area contributed by atoms with Gasteiger partial charge in [0.15, 0.2) is 11.4 Å². The molecule has 29 heavy (non-hydrogen) atoms. The van der Waals surface area contributed by atoms with Crippen molar-refractivity contribution in [3.05, 3.63) is 46.6 Å². The zero-order valence-corrected chi connectivity index (χ0v) is 16.9. The predicted octanol–water partition coefficient (Wildman–Crippen LogP) is 4.51. The molecule has 0 bridgehead atoms. The normalized spacial score (nSPS) is 17.7. The first-order valence-corrected chi connectivity index (χ1v) is 10.8. The maximum Gasteiger partial charge on any atom is 0.366 e. The van der Waals surface area contributed by atoms with Gasteiger partial charge in [0.05, 0.1) is 6.07 Å². The molecule has 6 nitrogen and oxygen atoms in total. The third-order valence-electron chi connectivity index (χ3n) is 6.21. The van der Waals surface area contributed by atoms with Gasteiger partial charge in [-0.1, -0.05) is 31.7 Å². The van der Waals surface area contributed by atoms with E-state index in [1.807, 2.05) is 12.1 Å². The fourth-order valence-corrected chi connectivity index (χ4v) is 4.72. The average Bonchev–Trinajstić information content (AvgIpc) is 3.41. The van der Waals surface area contributed by atoms with Crippen LogP contribution in [0, 0.1) is 11.8 Å². The SMILES string of the molecule is O=c1oc(OCc2cccnc2)cc(O)c1N(CC1CCCC1)CC1CCCC1. The van der Waals surface area contributed by atoms with Crippen LogP contribution in [0.25, 0.3) is 0 Å². The molecule has 0 atom stereocenters. The number of aromatic hydroxyl groups is 1. The number of aromatic nitrogens is 1. The molecule has 0 radical (unpaired) electrons. The number of ether oxygens (including phenoxy) is 1. The summed E-state index contributed by atoms with van der Waals surface area (Å²) in [5.41, 5.74) is 0.627. The largest absolute Gasteiger partial charge is 0.505 e. The molecule has 2 heterocycles. The fourth-order valence-electron chi connectivity index (χ4n) is 4.72. The Labute approximate surface area is 171 Å². The van der Waals surface area contributed by atoms with E-state index in [0.29, 0.717) is 11.8 Å². The van der Waals surface area contributed by atoms with E-state index in [1.54, 1.807) is 12.4 Å².